The van der Waals surface area contributed by atoms with Crippen LogP contribution in [0.3, 0.4) is 0 Å². The van der Waals surface area contributed by atoms with Crippen LogP contribution in [0.15, 0.2) is 72.8 Å². The van der Waals surface area contributed by atoms with Gasteiger partial charge < -0.3 is 9.64 Å². The van der Waals surface area contributed by atoms with Crippen molar-refractivity contribution in [1.29, 1.82) is 0 Å². The number of aromatic nitrogens is 2. The number of hydrogen-bond acceptors (Lipinski definition) is 3. The smallest absolute Gasteiger partial charge is 0.273 e. The van der Waals surface area contributed by atoms with E-state index in [0.717, 1.165) is 59.4 Å². The SMILES string of the molecule is O=C1c2[nH]nc(-c3ccc(Cl)cc3)c2C(c2ccc(OCc3ccc(Cl)cc3)cc2)N1C1CCCCC1. The van der Waals surface area contributed by atoms with E-state index in [2.05, 4.69) is 27.2 Å². The van der Waals surface area contributed by atoms with Crippen LogP contribution in [0.5, 0.6) is 5.75 Å². The van der Waals surface area contributed by atoms with E-state index in [0.29, 0.717) is 22.3 Å². The third-order valence-corrected chi connectivity index (χ3v) is 7.91. The number of hydrogen-bond donors (Lipinski definition) is 1. The Morgan fingerprint density at radius 2 is 1.51 bits per heavy atom. The third kappa shape index (κ3) is 4.74. The Morgan fingerprint density at radius 3 is 2.19 bits per heavy atom. The number of fused-ring (bicyclic) bond motifs is 1. The molecule has 1 aliphatic carbocycles. The maximum Gasteiger partial charge on any atom is 0.273 e. The molecule has 5 nitrogen and oxygen atoms in total. The average Bonchev–Trinajstić information content (AvgIpc) is 3.48. The highest BCUT2D eigenvalue weighted by Gasteiger charge is 2.45. The van der Waals surface area contributed by atoms with E-state index in [1.165, 1.54) is 6.42 Å². The van der Waals surface area contributed by atoms with Crippen molar-refractivity contribution < 1.29 is 9.53 Å². The molecule has 1 saturated carbocycles. The highest BCUT2D eigenvalue weighted by atomic mass is 35.5. The van der Waals surface area contributed by atoms with Crippen LogP contribution in [0.25, 0.3) is 11.3 Å². The monoisotopic (exact) mass is 531 g/mol. The van der Waals surface area contributed by atoms with Crippen molar-refractivity contribution in [2.75, 3.05) is 0 Å². The summed E-state index contributed by atoms with van der Waals surface area (Å²) >= 11 is 12.1. The molecule has 37 heavy (non-hydrogen) atoms. The second kappa shape index (κ2) is 10.2. The Bertz CT molecular complexity index is 1390. The second-order valence-corrected chi connectivity index (χ2v) is 10.6. The minimum absolute atomic E-state index is 0.0303. The van der Waals surface area contributed by atoms with Crippen molar-refractivity contribution >= 4 is 29.1 Å². The number of benzene rings is 3. The van der Waals surface area contributed by atoms with Crippen LogP contribution >= 0.6 is 23.2 Å². The molecule has 1 amide bonds. The lowest BCUT2D eigenvalue weighted by Gasteiger charge is -2.36. The standard InChI is InChI=1S/C30H27Cl2N3O2/c31-22-12-6-19(7-13-22)18-37-25-16-10-21(11-17-25)29-26-27(20-8-14-23(32)15-9-20)33-34-28(26)30(36)35(29)24-4-2-1-3-5-24/h6-17,24,29H,1-5,18H2,(H,33,34). The second-order valence-electron chi connectivity index (χ2n) is 9.76. The Balaban J connectivity index is 1.33. The minimum atomic E-state index is -0.208. The fraction of sp³-hybridized carbons (Fsp3) is 0.267. The van der Waals surface area contributed by atoms with Gasteiger partial charge in [-0.25, -0.2) is 0 Å². The van der Waals surface area contributed by atoms with E-state index in [-0.39, 0.29) is 18.0 Å². The molecule has 2 heterocycles. The van der Waals surface area contributed by atoms with Crippen LogP contribution < -0.4 is 4.74 Å². The molecule has 7 heteroatoms. The topological polar surface area (TPSA) is 58.2 Å². The summed E-state index contributed by atoms with van der Waals surface area (Å²) in [7, 11) is 0. The quantitative estimate of drug-likeness (QED) is 0.275. The van der Waals surface area contributed by atoms with E-state index >= 15 is 0 Å². The summed E-state index contributed by atoms with van der Waals surface area (Å²) in [5.74, 6) is 0.806. The van der Waals surface area contributed by atoms with Crippen molar-refractivity contribution in [1.82, 2.24) is 15.1 Å². The Morgan fingerprint density at radius 1 is 0.865 bits per heavy atom. The third-order valence-electron chi connectivity index (χ3n) is 7.40. The van der Waals surface area contributed by atoms with Gasteiger partial charge in [0.05, 0.1) is 11.7 Å². The lowest BCUT2D eigenvalue weighted by atomic mass is 9.91. The van der Waals surface area contributed by atoms with Crippen LogP contribution in [-0.4, -0.2) is 27.0 Å². The molecule has 3 aromatic carbocycles. The molecule has 188 valence electrons. The first-order valence-electron chi connectivity index (χ1n) is 12.7. The van der Waals surface area contributed by atoms with E-state index in [9.17, 15) is 4.79 Å². The number of halogens is 2. The summed E-state index contributed by atoms with van der Waals surface area (Å²) in [6.45, 7) is 0.458. The number of rotatable bonds is 6. The Hall–Kier alpha value is -3.28. The Kier molecular flexibility index (Phi) is 6.66. The molecule has 1 N–H and O–H groups in total. The number of ether oxygens (including phenoxy) is 1. The summed E-state index contributed by atoms with van der Waals surface area (Å²) in [5, 5.41) is 9.02. The van der Waals surface area contributed by atoms with Gasteiger partial charge in [0, 0.05) is 27.2 Å². The molecule has 6 rings (SSSR count). The zero-order valence-corrected chi connectivity index (χ0v) is 21.8. The molecule has 4 aromatic rings. The van der Waals surface area contributed by atoms with Gasteiger partial charge in [0.2, 0.25) is 0 Å². The summed E-state index contributed by atoms with van der Waals surface area (Å²) in [6, 6.07) is 23.4. The van der Waals surface area contributed by atoms with Crippen molar-refractivity contribution in [2.24, 2.45) is 0 Å². The van der Waals surface area contributed by atoms with Crippen LogP contribution in [-0.2, 0) is 6.61 Å². The fourth-order valence-electron chi connectivity index (χ4n) is 5.55. The van der Waals surface area contributed by atoms with Crippen LogP contribution in [0.1, 0.15) is 65.3 Å². The summed E-state index contributed by atoms with van der Waals surface area (Å²) in [5.41, 5.74) is 5.36. The van der Waals surface area contributed by atoms with Gasteiger partial charge in [-0.3, -0.25) is 9.89 Å². The molecule has 1 unspecified atom stereocenters. The molecule has 0 spiro atoms. The largest absolute Gasteiger partial charge is 0.489 e. The number of carbonyl (C=O) groups excluding carboxylic acids is 1. The van der Waals surface area contributed by atoms with Crippen LogP contribution in [0, 0.1) is 0 Å². The van der Waals surface area contributed by atoms with Gasteiger partial charge in [0.15, 0.2) is 0 Å². The zero-order chi connectivity index (χ0) is 25.4. The first-order valence-corrected chi connectivity index (χ1v) is 13.5. The fourth-order valence-corrected chi connectivity index (χ4v) is 5.80. The molecular formula is C30H27Cl2N3O2. The molecule has 1 atom stereocenters. The van der Waals surface area contributed by atoms with E-state index in [4.69, 9.17) is 27.9 Å². The predicted octanol–water partition coefficient (Wildman–Crippen LogP) is 7.84. The van der Waals surface area contributed by atoms with Crippen molar-refractivity contribution in [3.8, 4) is 17.0 Å². The summed E-state index contributed by atoms with van der Waals surface area (Å²) in [6.07, 6.45) is 5.58. The number of amides is 1. The maximum absolute atomic E-state index is 13.7. The van der Waals surface area contributed by atoms with Gasteiger partial charge in [0.1, 0.15) is 18.1 Å². The van der Waals surface area contributed by atoms with Gasteiger partial charge in [-0.05, 0) is 60.4 Å². The normalized spacial score (nSPS) is 17.7. The van der Waals surface area contributed by atoms with E-state index in [1.54, 1.807) is 0 Å². The number of aromatic amines is 1. The van der Waals surface area contributed by atoms with E-state index < -0.39 is 0 Å². The number of H-pyrrole nitrogens is 1. The molecular weight excluding hydrogens is 505 g/mol. The summed E-state index contributed by atoms with van der Waals surface area (Å²) in [4.78, 5) is 15.8. The maximum atomic E-state index is 13.7. The number of nitrogens with one attached hydrogen (secondary N) is 1. The first-order chi connectivity index (χ1) is 18.1. The molecule has 0 radical (unpaired) electrons. The predicted molar refractivity (Wildman–Crippen MR) is 146 cm³/mol. The van der Waals surface area contributed by atoms with Gasteiger partial charge in [0.25, 0.3) is 5.91 Å². The van der Waals surface area contributed by atoms with Gasteiger partial charge in [-0.15, -0.1) is 0 Å². The molecule has 0 saturated heterocycles. The number of nitrogens with zero attached hydrogens (tertiary/aromatic N) is 2. The van der Waals surface area contributed by atoms with Crippen LogP contribution in [0.4, 0.5) is 0 Å². The molecule has 1 aliphatic heterocycles. The lowest BCUT2D eigenvalue weighted by Crippen LogP contribution is -2.40. The van der Waals surface area contributed by atoms with Crippen LogP contribution in [0.2, 0.25) is 10.0 Å². The zero-order valence-electron chi connectivity index (χ0n) is 20.3. The van der Waals surface area contributed by atoms with E-state index in [1.807, 2.05) is 60.7 Å². The van der Waals surface area contributed by atoms with Crippen molar-refractivity contribution in [3.05, 3.63) is 105 Å². The molecule has 1 fully saturated rings. The molecule has 0 bridgehead atoms. The highest BCUT2D eigenvalue weighted by molar-refractivity contribution is 6.30. The Labute approximate surface area is 226 Å². The average molecular weight is 532 g/mol. The van der Waals surface area contributed by atoms with Gasteiger partial charge >= 0.3 is 0 Å². The first kappa shape index (κ1) is 24.1. The lowest BCUT2D eigenvalue weighted by molar-refractivity contribution is 0.0606. The van der Waals surface area contributed by atoms with Crippen molar-refractivity contribution in [2.45, 2.75) is 50.8 Å². The number of carbonyl (C=O) groups is 1. The summed E-state index contributed by atoms with van der Waals surface area (Å²) < 4.78 is 6.02. The molecule has 2 aliphatic rings. The van der Waals surface area contributed by atoms with Crippen molar-refractivity contribution in [3.63, 3.8) is 0 Å². The molecule has 1 aromatic heterocycles. The highest BCUT2D eigenvalue weighted by Crippen LogP contribution is 2.46. The van der Waals surface area contributed by atoms with Gasteiger partial charge in [-0.2, -0.15) is 5.10 Å². The van der Waals surface area contributed by atoms with Gasteiger partial charge in [-0.1, -0.05) is 78.9 Å². The minimum Gasteiger partial charge on any atom is -0.489 e.